The highest BCUT2D eigenvalue weighted by Crippen LogP contribution is 2.46. The number of nitrogens with zero attached hydrogens (tertiary/aromatic N) is 1. The number of pyridine rings is 1. The molecule has 4 heteroatoms. The Morgan fingerprint density at radius 2 is 2.16 bits per heavy atom. The molecule has 1 aromatic carbocycles. The molecule has 3 rings (SSSR count). The second-order valence-electron chi connectivity index (χ2n) is 4.86. The highest BCUT2D eigenvalue weighted by molar-refractivity contribution is 5.95. The van der Waals surface area contributed by atoms with E-state index >= 15 is 0 Å². The highest BCUT2D eigenvalue weighted by Gasteiger charge is 2.31. The quantitative estimate of drug-likeness (QED) is 0.857. The lowest BCUT2D eigenvalue weighted by Gasteiger charge is -2.13. The summed E-state index contributed by atoms with van der Waals surface area (Å²) in [5, 5.41) is 0.839. The van der Waals surface area contributed by atoms with Crippen molar-refractivity contribution in [2.45, 2.75) is 32.1 Å². The lowest BCUT2D eigenvalue weighted by atomic mass is 10.1. The van der Waals surface area contributed by atoms with Crippen LogP contribution in [0.3, 0.4) is 0 Å². The van der Waals surface area contributed by atoms with Crippen LogP contribution in [0.25, 0.3) is 10.9 Å². The highest BCUT2D eigenvalue weighted by atomic mass is 16.5. The summed E-state index contributed by atoms with van der Waals surface area (Å²) in [5.74, 6) is 0.574. The van der Waals surface area contributed by atoms with E-state index in [2.05, 4.69) is 4.98 Å². The maximum atomic E-state index is 11.6. The van der Waals surface area contributed by atoms with Crippen molar-refractivity contribution in [1.82, 2.24) is 4.98 Å². The molecule has 0 saturated heterocycles. The average Bonchev–Trinajstić information content (AvgIpc) is 3.26. The molecular formula is C15H16N2O2. The van der Waals surface area contributed by atoms with Crippen molar-refractivity contribution in [3.05, 3.63) is 30.0 Å². The molecule has 0 aliphatic heterocycles. The van der Waals surface area contributed by atoms with Gasteiger partial charge in [0, 0.05) is 17.7 Å². The lowest BCUT2D eigenvalue weighted by Crippen LogP contribution is -2.10. The fourth-order valence-electron chi connectivity index (χ4n) is 2.17. The Morgan fingerprint density at radius 1 is 1.42 bits per heavy atom. The van der Waals surface area contributed by atoms with Gasteiger partial charge in [0.05, 0.1) is 16.9 Å². The number of ether oxygens (including phenoxy) is 1. The number of hydrogen-bond acceptors (Lipinski definition) is 4. The molecule has 19 heavy (non-hydrogen) atoms. The van der Waals surface area contributed by atoms with Crippen molar-refractivity contribution in [3.8, 4) is 5.75 Å². The van der Waals surface area contributed by atoms with E-state index in [1.54, 1.807) is 6.92 Å². The number of hydrogen-bond donors (Lipinski definition) is 1. The third-order valence-corrected chi connectivity index (χ3v) is 3.38. The first-order valence-electron chi connectivity index (χ1n) is 6.59. The van der Waals surface area contributed by atoms with E-state index in [0.29, 0.717) is 23.8 Å². The molecule has 0 unspecified atom stereocenters. The van der Waals surface area contributed by atoms with Gasteiger partial charge in [-0.1, -0.05) is 25.1 Å². The molecule has 2 aromatic rings. The summed E-state index contributed by atoms with van der Waals surface area (Å²) >= 11 is 0. The Bertz CT molecular complexity index is 648. The average molecular weight is 256 g/mol. The Morgan fingerprint density at radius 3 is 2.84 bits per heavy atom. The SMILES string of the molecule is CCC(=O)Oc1c(C2CC2)nc2ccccc2c1N. The van der Waals surface area contributed by atoms with E-state index < -0.39 is 0 Å². The van der Waals surface area contributed by atoms with Crippen LogP contribution < -0.4 is 10.5 Å². The van der Waals surface area contributed by atoms with Gasteiger partial charge in [0.1, 0.15) is 0 Å². The molecule has 1 aliphatic rings. The number of fused-ring (bicyclic) bond motifs is 1. The maximum absolute atomic E-state index is 11.6. The van der Waals surface area contributed by atoms with Gasteiger partial charge in [0.15, 0.2) is 5.75 Å². The van der Waals surface area contributed by atoms with Crippen LogP contribution >= 0.6 is 0 Å². The Balaban J connectivity index is 2.18. The predicted molar refractivity (Wildman–Crippen MR) is 74.1 cm³/mol. The van der Waals surface area contributed by atoms with Gasteiger partial charge >= 0.3 is 5.97 Å². The van der Waals surface area contributed by atoms with Crippen molar-refractivity contribution >= 4 is 22.6 Å². The zero-order chi connectivity index (χ0) is 13.4. The molecule has 1 heterocycles. The van der Waals surface area contributed by atoms with Gasteiger partial charge in [0.2, 0.25) is 0 Å². The number of nitrogen functional groups attached to an aromatic ring is 1. The maximum Gasteiger partial charge on any atom is 0.311 e. The van der Waals surface area contributed by atoms with Gasteiger partial charge in [0.25, 0.3) is 0 Å². The largest absolute Gasteiger partial charge is 0.422 e. The third kappa shape index (κ3) is 2.14. The first-order chi connectivity index (χ1) is 9.20. The molecule has 98 valence electrons. The van der Waals surface area contributed by atoms with Crippen LogP contribution in [0.1, 0.15) is 37.8 Å². The zero-order valence-corrected chi connectivity index (χ0v) is 10.8. The van der Waals surface area contributed by atoms with Gasteiger partial charge in [-0.05, 0) is 18.9 Å². The third-order valence-electron chi connectivity index (χ3n) is 3.38. The number of aromatic nitrogens is 1. The topological polar surface area (TPSA) is 65.2 Å². The van der Waals surface area contributed by atoms with Gasteiger partial charge < -0.3 is 10.5 Å². The van der Waals surface area contributed by atoms with Crippen LogP contribution in [0.15, 0.2) is 24.3 Å². The summed E-state index contributed by atoms with van der Waals surface area (Å²) in [6, 6.07) is 7.67. The monoisotopic (exact) mass is 256 g/mol. The molecular weight excluding hydrogens is 240 g/mol. The molecule has 1 saturated carbocycles. The van der Waals surface area contributed by atoms with Crippen LogP contribution in [0.2, 0.25) is 0 Å². The first-order valence-corrected chi connectivity index (χ1v) is 6.59. The number of carbonyl (C=O) groups is 1. The standard InChI is InChI=1S/C15H16N2O2/c1-2-12(18)19-15-13(16)10-5-3-4-6-11(10)17-14(15)9-7-8-9/h3-6,9H,2,7-8H2,1H3,(H2,16,17). The van der Waals surface area contributed by atoms with E-state index in [-0.39, 0.29) is 5.97 Å². The lowest BCUT2D eigenvalue weighted by molar-refractivity contribution is -0.134. The predicted octanol–water partition coefficient (Wildman–Crippen LogP) is 3.01. The van der Waals surface area contributed by atoms with Gasteiger partial charge in [-0.25, -0.2) is 4.98 Å². The number of anilines is 1. The first kappa shape index (κ1) is 12.0. The van der Waals surface area contributed by atoms with Crippen molar-refractivity contribution in [2.24, 2.45) is 0 Å². The summed E-state index contributed by atoms with van der Waals surface area (Å²) < 4.78 is 5.41. The number of esters is 1. The fourth-order valence-corrected chi connectivity index (χ4v) is 2.17. The Kier molecular flexibility index (Phi) is 2.85. The smallest absolute Gasteiger partial charge is 0.311 e. The molecule has 0 bridgehead atoms. The summed E-state index contributed by atoms with van der Waals surface area (Å²) in [6.07, 6.45) is 2.50. The minimum absolute atomic E-state index is 0.273. The number of nitrogens with two attached hydrogens (primary N) is 1. The number of para-hydroxylation sites is 1. The summed E-state index contributed by atoms with van der Waals surface area (Å²) in [4.78, 5) is 16.2. The number of carbonyl (C=O) groups excluding carboxylic acids is 1. The van der Waals surface area contributed by atoms with Crippen LogP contribution in [0, 0.1) is 0 Å². The van der Waals surface area contributed by atoms with Crippen molar-refractivity contribution in [3.63, 3.8) is 0 Å². The van der Waals surface area contributed by atoms with Crippen LogP contribution in [-0.2, 0) is 4.79 Å². The Hall–Kier alpha value is -2.10. The molecule has 0 spiro atoms. The summed E-state index contributed by atoms with van der Waals surface area (Å²) in [6.45, 7) is 1.77. The molecule has 1 fully saturated rings. The van der Waals surface area contributed by atoms with Crippen LogP contribution in [-0.4, -0.2) is 11.0 Å². The van der Waals surface area contributed by atoms with Crippen LogP contribution in [0.5, 0.6) is 5.75 Å². The summed E-state index contributed by atoms with van der Waals surface area (Å²) in [5.41, 5.74) is 8.38. The van der Waals surface area contributed by atoms with E-state index in [1.165, 1.54) is 0 Å². The van der Waals surface area contributed by atoms with Gasteiger partial charge in [-0.2, -0.15) is 0 Å². The van der Waals surface area contributed by atoms with Crippen molar-refractivity contribution < 1.29 is 9.53 Å². The molecule has 2 N–H and O–H groups in total. The minimum atomic E-state index is -0.273. The minimum Gasteiger partial charge on any atom is -0.422 e. The Labute approximate surface area is 111 Å². The van der Waals surface area contributed by atoms with E-state index in [1.807, 2.05) is 24.3 Å². The van der Waals surface area contributed by atoms with Gasteiger partial charge in [-0.15, -0.1) is 0 Å². The molecule has 4 nitrogen and oxygen atoms in total. The van der Waals surface area contributed by atoms with Crippen LogP contribution in [0.4, 0.5) is 5.69 Å². The molecule has 0 amide bonds. The molecule has 0 atom stereocenters. The molecule has 0 radical (unpaired) electrons. The van der Waals surface area contributed by atoms with E-state index in [0.717, 1.165) is 29.4 Å². The second-order valence-corrected chi connectivity index (χ2v) is 4.86. The summed E-state index contributed by atoms with van der Waals surface area (Å²) in [7, 11) is 0. The second kappa shape index (κ2) is 4.53. The van der Waals surface area contributed by atoms with Gasteiger partial charge in [-0.3, -0.25) is 4.79 Å². The van der Waals surface area contributed by atoms with Crippen molar-refractivity contribution in [1.29, 1.82) is 0 Å². The molecule has 1 aliphatic carbocycles. The number of rotatable bonds is 3. The molecule has 1 aromatic heterocycles. The van der Waals surface area contributed by atoms with E-state index in [4.69, 9.17) is 10.5 Å². The zero-order valence-electron chi connectivity index (χ0n) is 10.8. The number of benzene rings is 1. The fraction of sp³-hybridized carbons (Fsp3) is 0.333. The normalized spacial score (nSPS) is 14.6. The van der Waals surface area contributed by atoms with Crippen molar-refractivity contribution in [2.75, 3.05) is 5.73 Å². The van der Waals surface area contributed by atoms with E-state index in [9.17, 15) is 4.79 Å².